The molecule has 8 nitrogen and oxygen atoms in total. The van der Waals surface area contributed by atoms with E-state index in [9.17, 15) is 18.3 Å². The van der Waals surface area contributed by atoms with Gasteiger partial charge in [0.1, 0.15) is 5.56 Å². The molecular weight excluding hydrogens is 479 g/mol. The molecular formula is C23H34F3N7OS. The molecule has 2 fully saturated rings. The molecule has 2 aromatic rings. The molecule has 0 spiro atoms. The van der Waals surface area contributed by atoms with Crippen LogP contribution in [0.15, 0.2) is 18.6 Å². The predicted molar refractivity (Wildman–Crippen MR) is 130 cm³/mol. The lowest BCUT2D eigenvalue weighted by atomic mass is 9.96. The normalized spacial score (nSPS) is 19.3. The second-order valence-electron chi connectivity index (χ2n) is 10.1. The zero-order chi connectivity index (χ0) is 25.1. The quantitative estimate of drug-likeness (QED) is 0.445. The number of nitrogens with zero attached hydrogens (tertiary/aromatic N) is 5. The highest BCUT2D eigenvalue weighted by molar-refractivity contribution is 7.95. The number of nitrogens with one attached hydrogen (secondary N) is 2. The van der Waals surface area contributed by atoms with Crippen molar-refractivity contribution in [2.75, 3.05) is 18.4 Å². The third kappa shape index (κ3) is 7.55. The van der Waals surface area contributed by atoms with Crippen molar-refractivity contribution in [3.05, 3.63) is 24.2 Å². The van der Waals surface area contributed by atoms with E-state index in [-0.39, 0.29) is 29.8 Å². The number of alkyl halides is 3. The van der Waals surface area contributed by atoms with Crippen molar-refractivity contribution in [1.82, 2.24) is 28.8 Å². The Bertz CT molecular complexity index is 965. The average Bonchev–Trinajstić information content (AvgIpc) is 3.25. The number of piperidine rings is 1. The minimum Gasteiger partial charge on any atom is -0.389 e. The van der Waals surface area contributed by atoms with E-state index in [0.29, 0.717) is 6.04 Å². The summed E-state index contributed by atoms with van der Waals surface area (Å²) in [4.78, 5) is 8.21. The molecule has 1 saturated carbocycles. The van der Waals surface area contributed by atoms with Gasteiger partial charge in [-0.05, 0) is 39.5 Å². The molecule has 2 aromatic heterocycles. The van der Waals surface area contributed by atoms with E-state index in [1.54, 1.807) is 26.0 Å². The van der Waals surface area contributed by atoms with Crippen LogP contribution in [0.25, 0.3) is 11.3 Å². The fourth-order valence-corrected chi connectivity index (χ4v) is 5.42. The van der Waals surface area contributed by atoms with E-state index in [1.165, 1.54) is 49.2 Å². The lowest BCUT2D eigenvalue weighted by Gasteiger charge is -2.33. The standard InChI is InChI=1S/C23H34F3N7OS/c1-22(2,34)15-32-14-16(12-28-32)20-19(23(24,25)26)13-27-21(30-20)29-17-8-10-33(11-9-17)35-31-18-6-4-3-5-7-18/h12-14,17-18,31,34H,3-11,15H2,1-2H3,(H,27,29,30). The Balaban J connectivity index is 1.39. The summed E-state index contributed by atoms with van der Waals surface area (Å²) >= 11 is 1.69. The average molecular weight is 514 g/mol. The van der Waals surface area contributed by atoms with Gasteiger partial charge in [-0.15, -0.1) is 0 Å². The van der Waals surface area contributed by atoms with E-state index in [1.807, 2.05) is 0 Å². The maximum atomic E-state index is 13.7. The van der Waals surface area contributed by atoms with Crippen molar-refractivity contribution in [1.29, 1.82) is 0 Å². The van der Waals surface area contributed by atoms with Gasteiger partial charge in [0.15, 0.2) is 0 Å². The van der Waals surface area contributed by atoms with Crippen molar-refractivity contribution < 1.29 is 18.3 Å². The Morgan fingerprint density at radius 1 is 1.06 bits per heavy atom. The summed E-state index contributed by atoms with van der Waals surface area (Å²) < 4.78 is 48.3. The summed E-state index contributed by atoms with van der Waals surface area (Å²) in [7, 11) is 0. The Morgan fingerprint density at radius 3 is 2.43 bits per heavy atom. The molecule has 194 valence electrons. The Morgan fingerprint density at radius 2 is 1.77 bits per heavy atom. The number of halogens is 3. The molecule has 4 rings (SSSR count). The van der Waals surface area contributed by atoms with Gasteiger partial charge in [-0.25, -0.2) is 19.0 Å². The number of hydrogen-bond donors (Lipinski definition) is 3. The molecule has 0 bridgehead atoms. The number of aromatic nitrogens is 4. The summed E-state index contributed by atoms with van der Waals surface area (Å²) in [5, 5.41) is 17.3. The van der Waals surface area contributed by atoms with Crippen LogP contribution in [0.5, 0.6) is 0 Å². The Labute approximate surface area is 208 Å². The van der Waals surface area contributed by atoms with Crippen molar-refractivity contribution in [2.45, 2.75) is 89.2 Å². The maximum absolute atomic E-state index is 13.7. The highest BCUT2D eigenvalue weighted by Crippen LogP contribution is 2.36. The van der Waals surface area contributed by atoms with Crippen LogP contribution in [0, 0.1) is 0 Å². The van der Waals surface area contributed by atoms with Gasteiger partial charge in [0.25, 0.3) is 0 Å². The molecule has 1 saturated heterocycles. The fourth-order valence-electron chi connectivity index (χ4n) is 4.49. The van der Waals surface area contributed by atoms with Gasteiger partial charge in [0.05, 0.1) is 24.0 Å². The van der Waals surface area contributed by atoms with E-state index in [2.05, 4.69) is 29.4 Å². The lowest BCUT2D eigenvalue weighted by Crippen LogP contribution is -2.39. The van der Waals surface area contributed by atoms with Gasteiger partial charge in [-0.1, -0.05) is 19.3 Å². The summed E-state index contributed by atoms with van der Waals surface area (Å²) in [5.41, 5.74) is -1.95. The van der Waals surface area contributed by atoms with Gasteiger partial charge < -0.3 is 10.4 Å². The van der Waals surface area contributed by atoms with Crippen LogP contribution >= 0.6 is 12.1 Å². The minimum atomic E-state index is -4.60. The molecule has 0 amide bonds. The van der Waals surface area contributed by atoms with E-state index >= 15 is 0 Å². The molecule has 2 aliphatic rings. The second-order valence-corrected chi connectivity index (χ2v) is 11.0. The molecule has 0 unspecified atom stereocenters. The molecule has 0 aromatic carbocycles. The molecule has 35 heavy (non-hydrogen) atoms. The van der Waals surface area contributed by atoms with Gasteiger partial charge in [0.2, 0.25) is 5.95 Å². The molecule has 3 heterocycles. The van der Waals surface area contributed by atoms with E-state index < -0.39 is 17.3 Å². The number of rotatable bonds is 8. The van der Waals surface area contributed by atoms with Gasteiger partial charge in [-0.2, -0.15) is 18.3 Å². The van der Waals surface area contributed by atoms with Crippen LogP contribution in [0.4, 0.5) is 19.1 Å². The van der Waals surface area contributed by atoms with E-state index in [4.69, 9.17) is 0 Å². The van der Waals surface area contributed by atoms with Crippen molar-refractivity contribution in [2.24, 2.45) is 0 Å². The van der Waals surface area contributed by atoms with Crippen LogP contribution in [0.3, 0.4) is 0 Å². The molecule has 3 N–H and O–H groups in total. The summed E-state index contributed by atoms with van der Waals surface area (Å²) in [6, 6.07) is 0.667. The largest absolute Gasteiger partial charge is 0.419 e. The first kappa shape index (κ1) is 26.2. The smallest absolute Gasteiger partial charge is 0.389 e. The van der Waals surface area contributed by atoms with Crippen LogP contribution in [0.1, 0.15) is 64.4 Å². The van der Waals surface area contributed by atoms with Crippen LogP contribution < -0.4 is 10.0 Å². The summed E-state index contributed by atoms with van der Waals surface area (Å²) in [6.45, 7) is 5.12. The van der Waals surface area contributed by atoms with E-state index in [0.717, 1.165) is 32.1 Å². The predicted octanol–water partition coefficient (Wildman–Crippen LogP) is 4.49. The molecule has 1 aliphatic carbocycles. The zero-order valence-corrected chi connectivity index (χ0v) is 21.0. The Hall–Kier alpha value is -1.89. The molecule has 0 atom stereocenters. The van der Waals surface area contributed by atoms with Crippen molar-refractivity contribution in [3.63, 3.8) is 0 Å². The van der Waals surface area contributed by atoms with Crippen LogP contribution in [0.2, 0.25) is 0 Å². The first-order valence-electron chi connectivity index (χ1n) is 12.2. The van der Waals surface area contributed by atoms with Gasteiger partial charge in [-0.3, -0.25) is 4.68 Å². The highest BCUT2D eigenvalue weighted by atomic mass is 32.2. The summed E-state index contributed by atoms with van der Waals surface area (Å²) in [5.74, 6) is 0.176. The monoisotopic (exact) mass is 513 g/mol. The highest BCUT2D eigenvalue weighted by Gasteiger charge is 2.36. The van der Waals surface area contributed by atoms with Crippen LogP contribution in [-0.2, 0) is 12.7 Å². The third-order valence-corrected chi connectivity index (χ3v) is 7.35. The number of anilines is 1. The van der Waals surface area contributed by atoms with Gasteiger partial charge in [0, 0.05) is 55.3 Å². The number of aliphatic hydroxyl groups is 1. The zero-order valence-electron chi connectivity index (χ0n) is 20.2. The SMILES string of the molecule is CC(C)(O)Cn1cc(-c2nc(NC3CCN(SNC4CCCCC4)CC3)ncc2C(F)(F)F)cn1. The maximum Gasteiger partial charge on any atom is 0.419 e. The van der Waals surface area contributed by atoms with Crippen molar-refractivity contribution in [3.8, 4) is 11.3 Å². The Kier molecular flexibility index (Phi) is 8.24. The first-order chi connectivity index (χ1) is 16.6. The minimum absolute atomic E-state index is 0.0871. The fraction of sp³-hybridized carbons (Fsp3) is 0.696. The van der Waals surface area contributed by atoms with Gasteiger partial charge >= 0.3 is 6.18 Å². The topological polar surface area (TPSA) is 91.1 Å². The second kappa shape index (κ2) is 11.0. The first-order valence-corrected chi connectivity index (χ1v) is 13.0. The van der Waals surface area contributed by atoms with Crippen LogP contribution in [-0.4, -0.2) is 59.9 Å². The molecule has 12 heteroatoms. The third-order valence-electron chi connectivity index (χ3n) is 6.29. The van der Waals surface area contributed by atoms with Crippen molar-refractivity contribution >= 4 is 18.1 Å². The summed E-state index contributed by atoms with van der Waals surface area (Å²) in [6.07, 6.45) is 7.11. The number of hydrogen-bond acceptors (Lipinski definition) is 8. The lowest BCUT2D eigenvalue weighted by molar-refractivity contribution is -0.137. The molecule has 1 aliphatic heterocycles. The molecule has 0 radical (unpaired) electrons.